The summed E-state index contributed by atoms with van der Waals surface area (Å²) in [5.74, 6) is -0.663. The normalized spacial score (nSPS) is 16.3. The highest BCUT2D eigenvalue weighted by Gasteiger charge is 2.33. The van der Waals surface area contributed by atoms with E-state index in [0.717, 1.165) is 106 Å². The molecule has 8 atom stereocenters. The van der Waals surface area contributed by atoms with Gasteiger partial charge < -0.3 is 75.8 Å². The van der Waals surface area contributed by atoms with Gasteiger partial charge in [-0.3, -0.25) is 9.59 Å². The molecule has 4 aromatic rings. The standard InChI is InChI=1S/C55H77N7O12/c1-10-32-28(6)50-51-29(7)33(11-2)41(60-51)21-38-30(14-16-48(69)61(8)23-44(65)52(71)54(73)46(67)25-63)18-31(56-38)19-39-34(12-3)35(13-4)42(58-39)22-43-36(27(5)37(57-43)20-40(32)59-50)15-17-49(70)62(9)24-45(66)53(72)55(74)47(68)26-64/h18-22,44-47,52-58,63-68,71-74H,10-17,23-26H2,1-9H3. The van der Waals surface area contributed by atoms with Crippen LogP contribution < -0.4 is 0 Å². The molecule has 6 heterocycles. The first kappa shape index (κ1) is 57.7. The zero-order valence-corrected chi connectivity index (χ0v) is 44.1. The number of aliphatic hydroxyl groups is 10. The van der Waals surface area contributed by atoms with Crippen molar-refractivity contribution in [3.05, 3.63) is 80.9 Å². The molecule has 404 valence electrons. The van der Waals surface area contributed by atoms with Gasteiger partial charge in [0.15, 0.2) is 0 Å². The second-order valence-corrected chi connectivity index (χ2v) is 19.7. The third-order valence-electron chi connectivity index (χ3n) is 14.8. The maximum atomic E-state index is 13.7. The number of allylic oxidation sites excluding steroid dienone is 4. The lowest BCUT2D eigenvalue weighted by molar-refractivity contribution is -0.138. The largest absolute Gasteiger partial charge is 0.394 e. The Morgan fingerprint density at radius 2 is 0.932 bits per heavy atom. The van der Waals surface area contributed by atoms with Gasteiger partial charge in [0.2, 0.25) is 11.8 Å². The number of H-pyrrole nitrogens is 3. The van der Waals surface area contributed by atoms with Gasteiger partial charge in [-0.15, -0.1) is 0 Å². The van der Waals surface area contributed by atoms with Crippen LogP contribution >= 0.6 is 0 Å². The van der Waals surface area contributed by atoms with Gasteiger partial charge in [-0.05, 0) is 140 Å². The molecular weight excluding hydrogens is 951 g/mol. The van der Waals surface area contributed by atoms with E-state index in [9.17, 15) is 60.7 Å². The summed E-state index contributed by atoms with van der Waals surface area (Å²) in [6, 6.07) is 10.2. The van der Waals surface area contributed by atoms with Crippen molar-refractivity contribution in [3.8, 4) is 0 Å². The number of aryl methyl sites for hydroxylation is 5. The Hall–Kier alpha value is -5.58. The van der Waals surface area contributed by atoms with E-state index < -0.39 is 62.0 Å². The molecule has 2 aliphatic heterocycles. The fraction of sp³-hybridized carbons (Fsp3) is 0.527. The van der Waals surface area contributed by atoms with Crippen LogP contribution in [0.15, 0.2) is 30.3 Å². The van der Waals surface area contributed by atoms with Crippen LogP contribution in [0.5, 0.6) is 0 Å². The van der Waals surface area contributed by atoms with Gasteiger partial charge in [0, 0.05) is 73.1 Å². The molecule has 19 heteroatoms. The van der Waals surface area contributed by atoms with Crippen LogP contribution in [-0.4, -0.2) is 187 Å². The number of likely N-dealkylation sites (N-methyl/N-ethyl adjacent to an activating group) is 2. The third-order valence-corrected chi connectivity index (χ3v) is 14.8. The highest BCUT2D eigenvalue weighted by Crippen LogP contribution is 2.40. The van der Waals surface area contributed by atoms with Crippen molar-refractivity contribution in [2.24, 2.45) is 0 Å². The minimum atomic E-state index is -1.82. The summed E-state index contributed by atoms with van der Waals surface area (Å²) in [4.78, 5) is 51.4. The number of hydrogen-bond acceptors (Lipinski definition) is 14. The molecular formula is C55H77N7O12. The lowest BCUT2D eigenvalue weighted by atomic mass is 9.99. The first-order valence-corrected chi connectivity index (χ1v) is 25.7. The molecule has 6 rings (SSSR count). The number of nitrogens with zero attached hydrogens (tertiary/aromatic N) is 4. The van der Waals surface area contributed by atoms with Crippen LogP contribution in [0.4, 0.5) is 0 Å². The molecule has 0 aliphatic carbocycles. The summed E-state index contributed by atoms with van der Waals surface area (Å²) in [6.07, 6.45) is -10.3. The molecule has 74 heavy (non-hydrogen) atoms. The fourth-order valence-electron chi connectivity index (χ4n) is 10.2. The number of nitrogens with one attached hydrogen (secondary N) is 3. The smallest absolute Gasteiger partial charge is 0.222 e. The van der Waals surface area contributed by atoms with Gasteiger partial charge in [-0.25, -0.2) is 9.97 Å². The lowest BCUT2D eigenvalue weighted by Gasteiger charge is -2.28. The number of fused-ring (bicyclic) bond motifs is 11. The summed E-state index contributed by atoms with van der Waals surface area (Å²) >= 11 is 0. The molecule has 2 amide bonds. The number of aliphatic hydroxyl groups excluding tert-OH is 10. The molecule has 8 unspecified atom stereocenters. The van der Waals surface area contributed by atoms with Gasteiger partial charge >= 0.3 is 0 Å². The van der Waals surface area contributed by atoms with Crippen LogP contribution in [0.25, 0.3) is 55.4 Å². The summed E-state index contributed by atoms with van der Waals surface area (Å²) in [7, 11) is 2.96. The maximum absolute atomic E-state index is 13.7. The molecule has 0 saturated carbocycles. The van der Waals surface area contributed by atoms with E-state index in [2.05, 4.69) is 68.6 Å². The van der Waals surface area contributed by atoms with Crippen molar-refractivity contribution in [2.75, 3.05) is 40.4 Å². The number of aromatic nitrogens is 5. The van der Waals surface area contributed by atoms with Crippen LogP contribution in [0, 0.1) is 6.92 Å². The van der Waals surface area contributed by atoms with Gasteiger partial charge in [-0.1, -0.05) is 27.7 Å². The van der Waals surface area contributed by atoms with Crippen LogP contribution in [0.1, 0.15) is 118 Å². The number of carbonyl (C=O) groups is 2. The van der Waals surface area contributed by atoms with Crippen molar-refractivity contribution >= 4 is 67.2 Å². The second-order valence-electron chi connectivity index (χ2n) is 19.7. The van der Waals surface area contributed by atoms with Gasteiger partial charge in [-0.2, -0.15) is 0 Å². The number of amides is 2. The Bertz CT molecular complexity index is 2960. The van der Waals surface area contributed by atoms with Crippen LogP contribution in [0.2, 0.25) is 0 Å². The number of hydrogen-bond donors (Lipinski definition) is 13. The van der Waals surface area contributed by atoms with Gasteiger partial charge in [0.25, 0.3) is 0 Å². The fourth-order valence-corrected chi connectivity index (χ4v) is 10.2. The maximum Gasteiger partial charge on any atom is 0.222 e. The second kappa shape index (κ2) is 24.8. The molecule has 4 aromatic heterocycles. The molecule has 10 bridgehead atoms. The Kier molecular flexibility index (Phi) is 19.4. The van der Waals surface area contributed by atoms with Crippen molar-refractivity contribution in [3.63, 3.8) is 0 Å². The molecule has 2 aliphatic rings. The minimum absolute atomic E-state index is 0.0313. The van der Waals surface area contributed by atoms with E-state index in [1.54, 1.807) is 0 Å². The first-order valence-electron chi connectivity index (χ1n) is 25.7. The average molecular weight is 1030 g/mol. The quantitative estimate of drug-likeness (QED) is 0.0539. The van der Waals surface area contributed by atoms with Crippen molar-refractivity contribution < 1.29 is 60.7 Å². The molecule has 0 saturated heterocycles. The first-order chi connectivity index (χ1) is 35.1. The highest BCUT2D eigenvalue weighted by molar-refractivity contribution is 5.99. The van der Waals surface area contributed by atoms with E-state index in [1.807, 2.05) is 25.1 Å². The number of rotatable bonds is 22. The minimum Gasteiger partial charge on any atom is -0.394 e. The summed E-state index contributed by atoms with van der Waals surface area (Å²) < 4.78 is 0. The Balaban J connectivity index is 1.51. The van der Waals surface area contributed by atoms with Crippen LogP contribution in [-0.2, 0) is 35.3 Å². The average Bonchev–Trinajstić information content (AvgIpc) is 4.17. The predicted molar refractivity (Wildman–Crippen MR) is 285 cm³/mol. The summed E-state index contributed by atoms with van der Waals surface area (Å²) in [6.45, 7) is 12.2. The number of aromatic amines is 3. The van der Waals surface area contributed by atoms with Crippen molar-refractivity contribution in [2.45, 2.75) is 149 Å². The van der Waals surface area contributed by atoms with E-state index in [1.165, 1.54) is 23.9 Å². The van der Waals surface area contributed by atoms with E-state index in [4.69, 9.17) is 9.97 Å². The van der Waals surface area contributed by atoms with E-state index >= 15 is 0 Å². The summed E-state index contributed by atoms with van der Waals surface area (Å²) in [5.41, 5.74) is 16.9. The van der Waals surface area contributed by atoms with Gasteiger partial charge in [0.05, 0.1) is 36.0 Å². The Morgan fingerprint density at radius 3 is 1.39 bits per heavy atom. The zero-order chi connectivity index (χ0) is 54.5. The molecule has 19 nitrogen and oxygen atoms in total. The molecule has 0 radical (unpaired) electrons. The van der Waals surface area contributed by atoms with E-state index in [0.29, 0.717) is 38.5 Å². The number of carbonyl (C=O) groups excluding carboxylic acids is 2. The predicted octanol–water partition coefficient (Wildman–Crippen LogP) is 3.13. The van der Waals surface area contributed by atoms with Crippen LogP contribution in [0.3, 0.4) is 0 Å². The Morgan fingerprint density at radius 1 is 0.514 bits per heavy atom. The molecule has 0 aromatic carbocycles. The summed E-state index contributed by atoms with van der Waals surface area (Å²) in [5, 5.41) is 100. The lowest BCUT2D eigenvalue weighted by Crippen LogP contribution is -2.50. The van der Waals surface area contributed by atoms with Crippen molar-refractivity contribution in [1.82, 2.24) is 34.7 Å². The van der Waals surface area contributed by atoms with E-state index in [-0.39, 0.29) is 37.7 Å². The third kappa shape index (κ3) is 12.2. The topological polar surface area (TPSA) is 316 Å². The Labute approximate surface area is 431 Å². The molecule has 0 fully saturated rings. The molecule has 13 N–H and O–H groups in total. The SMILES string of the molecule is CCC1=C(C)c2nc1cc1[nH]c(cc1CCC(=O)N(C)CC(O)C(O)C(O)C(O)CO)cc1[nH]c(cc3[nH]c(cc4nc2C(C)=C4CC)c(C)c3CCC(=O)N(C)CC(O)C(O)C(O)C(O)CO)c(CC)c1CC. The zero-order valence-electron chi connectivity index (χ0n) is 44.1. The van der Waals surface area contributed by atoms with Crippen molar-refractivity contribution in [1.29, 1.82) is 0 Å². The highest BCUT2D eigenvalue weighted by atomic mass is 16.4. The monoisotopic (exact) mass is 1030 g/mol. The van der Waals surface area contributed by atoms with Gasteiger partial charge in [0.1, 0.15) is 48.8 Å². The molecule has 0 spiro atoms.